The third kappa shape index (κ3) is 2.81. The van der Waals surface area contributed by atoms with Gasteiger partial charge in [-0.25, -0.2) is 0 Å². The number of anilines is 1. The summed E-state index contributed by atoms with van der Waals surface area (Å²) in [6.07, 6.45) is 5.01. The van der Waals surface area contributed by atoms with Crippen molar-refractivity contribution in [2.75, 3.05) is 18.8 Å². The van der Waals surface area contributed by atoms with E-state index in [1.807, 2.05) is 18.7 Å². The van der Waals surface area contributed by atoms with Crippen molar-refractivity contribution in [3.8, 4) is 0 Å². The molecule has 5 heteroatoms. The molecule has 3 rings (SSSR count). The Balaban J connectivity index is 1.76. The van der Waals surface area contributed by atoms with Crippen molar-refractivity contribution in [2.45, 2.75) is 45.4 Å². The van der Waals surface area contributed by atoms with Crippen LogP contribution in [0.4, 0.5) is 5.69 Å². The number of carbonyl (C=O) groups excluding carboxylic acids is 1. The van der Waals surface area contributed by atoms with Crippen molar-refractivity contribution in [3.05, 3.63) is 11.4 Å². The van der Waals surface area contributed by atoms with Gasteiger partial charge in [-0.1, -0.05) is 13.8 Å². The lowest BCUT2D eigenvalue weighted by molar-refractivity contribution is 0.0734. The van der Waals surface area contributed by atoms with Crippen LogP contribution in [0.5, 0.6) is 0 Å². The average Bonchev–Trinajstić information content (AvgIpc) is 3.30. The van der Waals surface area contributed by atoms with Gasteiger partial charge in [0.05, 0.1) is 11.4 Å². The summed E-state index contributed by atoms with van der Waals surface area (Å²) in [7, 11) is 0. The summed E-state index contributed by atoms with van der Waals surface area (Å²) < 4.78 is 0. The van der Waals surface area contributed by atoms with Crippen LogP contribution in [0.2, 0.25) is 0 Å². The highest BCUT2D eigenvalue weighted by Gasteiger charge is 2.33. The molecule has 2 fully saturated rings. The molecule has 2 saturated carbocycles. The molecule has 0 aromatic carbocycles. The molecule has 20 heavy (non-hydrogen) atoms. The van der Waals surface area contributed by atoms with Crippen LogP contribution in [0.1, 0.15) is 61.6 Å². The van der Waals surface area contributed by atoms with Crippen LogP contribution in [0.25, 0.3) is 0 Å². The van der Waals surface area contributed by atoms with Gasteiger partial charge in [-0.3, -0.25) is 9.89 Å². The minimum atomic E-state index is 0.00412. The first-order valence-electron chi connectivity index (χ1n) is 7.69. The monoisotopic (exact) mass is 276 g/mol. The fourth-order valence-corrected chi connectivity index (χ4v) is 2.58. The molecule has 0 spiro atoms. The number of nitrogens with one attached hydrogen (secondary N) is 1. The number of carbonyl (C=O) groups is 1. The number of amides is 1. The Kier molecular flexibility index (Phi) is 3.44. The van der Waals surface area contributed by atoms with Gasteiger partial charge in [-0.05, 0) is 43.4 Å². The van der Waals surface area contributed by atoms with Crippen molar-refractivity contribution < 1.29 is 4.79 Å². The van der Waals surface area contributed by atoms with Gasteiger partial charge in [0.2, 0.25) is 0 Å². The predicted octanol–water partition coefficient (Wildman–Crippen LogP) is 2.38. The lowest BCUT2D eigenvalue weighted by Gasteiger charge is -2.21. The van der Waals surface area contributed by atoms with E-state index in [-0.39, 0.29) is 11.8 Å². The van der Waals surface area contributed by atoms with Crippen LogP contribution in [0, 0.1) is 11.8 Å². The molecule has 0 unspecified atom stereocenters. The molecule has 0 aliphatic heterocycles. The molecule has 2 aliphatic carbocycles. The van der Waals surface area contributed by atoms with Crippen molar-refractivity contribution in [2.24, 2.45) is 11.8 Å². The lowest BCUT2D eigenvalue weighted by Crippen LogP contribution is -2.35. The Morgan fingerprint density at radius 2 is 1.85 bits per heavy atom. The zero-order valence-corrected chi connectivity index (χ0v) is 12.4. The Bertz CT molecular complexity index is 486. The summed E-state index contributed by atoms with van der Waals surface area (Å²) in [4.78, 5) is 14.7. The van der Waals surface area contributed by atoms with Gasteiger partial charge in [-0.15, -0.1) is 0 Å². The number of nitrogens with zero attached hydrogens (tertiary/aromatic N) is 2. The van der Waals surface area contributed by atoms with Gasteiger partial charge in [0, 0.05) is 13.1 Å². The van der Waals surface area contributed by atoms with E-state index in [1.54, 1.807) is 0 Å². The van der Waals surface area contributed by atoms with Crippen LogP contribution < -0.4 is 5.73 Å². The highest BCUT2D eigenvalue weighted by molar-refractivity contribution is 5.97. The molecule has 2 aliphatic rings. The topological polar surface area (TPSA) is 75.0 Å². The van der Waals surface area contributed by atoms with Crippen molar-refractivity contribution >= 4 is 11.6 Å². The van der Waals surface area contributed by atoms with E-state index in [9.17, 15) is 4.79 Å². The van der Waals surface area contributed by atoms with E-state index in [1.165, 1.54) is 25.7 Å². The minimum Gasteiger partial charge on any atom is -0.395 e. The number of hydrogen-bond donors (Lipinski definition) is 2. The zero-order chi connectivity index (χ0) is 14.3. The van der Waals surface area contributed by atoms with Gasteiger partial charge in [0.25, 0.3) is 5.91 Å². The highest BCUT2D eigenvalue weighted by Crippen LogP contribution is 2.34. The predicted molar refractivity (Wildman–Crippen MR) is 78.4 cm³/mol. The molecule has 5 nitrogen and oxygen atoms in total. The Morgan fingerprint density at radius 1 is 1.30 bits per heavy atom. The van der Waals surface area contributed by atoms with E-state index >= 15 is 0 Å². The number of nitrogens with two attached hydrogens (primary N) is 1. The van der Waals surface area contributed by atoms with Gasteiger partial charge < -0.3 is 10.6 Å². The second kappa shape index (κ2) is 5.11. The Labute approximate surface area is 119 Å². The summed E-state index contributed by atoms with van der Waals surface area (Å²) in [5.74, 6) is 1.65. The molecular formula is C15H24N4O. The molecule has 1 aromatic heterocycles. The smallest absolute Gasteiger partial charge is 0.276 e. The number of H-pyrrole nitrogens is 1. The second-order valence-corrected chi connectivity index (χ2v) is 6.65. The Morgan fingerprint density at radius 3 is 2.25 bits per heavy atom. The quantitative estimate of drug-likeness (QED) is 0.837. The number of hydrogen-bond acceptors (Lipinski definition) is 3. The van der Waals surface area contributed by atoms with E-state index in [0.717, 1.165) is 18.8 Å². The fraction of sp³-hybridized carbons (Fsp3) is 0.733. The normalized spacial score (nSPS) is 18.6. The van der Waals surface area contributed by atoms with Crippen LogP contribution in [0.15, 0.2) is 0 Å². The van der Waals surface area contributed by atoms with Gasteiger partial charge >= 0.3 is 0 Å². The third-order valence-electron chi connectivity index (χ3n) is 4.25. The van der Waals surface area contributed by atoms with Crippen LogP contribution in [-0.4, -0.2) is 34.1 Å². The van der Waals surface area contributed by atoms with Crippen molar-refractivity contribution in [1.29, 1.82) is 0 Å². The molecule has 1 amide bonds. The fourth-order valence-electron chi connectivity index (χ4n) is 2.58. The number of aromatic amines is 1. The summed E-state index contributed by atoms with van der Waals surface area (Å²) >= 11 is 0. The SMILES string of the molecule is CC(C)c1[nH]nc(C(=O)N(CC2CC2)CC2CC2)c1N. The Hall–Kier alpha value is -1.52. The largest absolute Gasteiger partial charge is 0.395 e. The van der Waals surface area contributed by atoms with E-state index in [4.69, 9.17) is 5.73 Å². The van der Waals surface area contributed by atoms with Gasteiger partial charge in [0.15, 0.2) is 5.69 Å². The van der Waals surface area contributed by atoms with Gasteiger partial charge in [-0.2, -0.15) is 5.10 Å². The molecule has 0 atom stereocenters. The van der Waals surface area contributed by atoms with E-state index in [2.05, 4.69) is 10.2 Å². The number of nitrogen functional groups attached to an aromatic ring is 1. The maximum atomic E-state index is 12.7. The van der Waals surface area contributed by atoms with Crippen LogP contribution in [0.3, 0.4) is 0 Å². The molecular weight excluding hydrogens is 252 g/mol. The standard InChI is InChI=1S/C15H24N4O/c1-9(2)13-12(16)14(18-17-13)15(20)19(7-10-3-4-10)8-11-5-6-11/h9-11H,3-8,16H2,1-2H3,(H,17,18). The summed E-state index contributed by atoms with van der Waals surface area (Å²) in [5.41, 5.74) is 7.90. The highest BCUT2D eigenvalue weighted by atomic mass is 16.2. The van der Waals surface area contributed by atoms with E-state index < -0.39 is 0 Å². The lowest BCUT2D eigenvalue weighted by atomic mass is 10.1. The average molecular weight is 276 g/mol. The first kappa shape index (κ1) is 13.5. The van der Waals surface area contributed by atoms with E-state index in [0.29, 0.717) is 23.2 Å². The summed E-state index contributed by atoms with van der Waals surface area (Å²) in [6.45, 7) is 5.84. The van der Waals surface area contributed by atoms with Crippen molar-refractivity contribution in [3.63, 3.8) is 0 Å². The first-order chi connectivity index (χ1) is 9.56. The third-order valence-corrected chi connectivity index (χ3v) is 4.25. The van der Waals surface area contributed by atoms with Gasteiger partial charge in [0.1, 0.15) is 0 Å². The molecule has 3 N–H and O–H groups in total. The zero-order valence-electron chi connectivity index (χ0n) is 12.4. The first-order valence-corrected chi connectivity index (χ1v) is 7.69. The molecule has 110 valence electrons. The minimum absolute atomic E-state index is 0.00412. The number of rotatable bonds is 6. The molecule has 0 saturated heterocycles. The summed E-state index contributed by atoms with van der Waals surface area (Å²) in [6, 6.07) is 0. The molecule has 1 heterocycles. The second-order valence-electron chi connectivity index (χ2n) is 6.65. The molecule has 0 radical (unpaired) electrons. The summed E-state index contributed by atoms with van der Waals surface area (Å²) in [5, 5.41) is 7.10. The molecule has 0 bridgehead atoms. The van der Waals surface area contributed by atoms with Crippen LogP contribution >= 0.6 is 0 Å². The van der Waals surface area contributed by atoms with Crippen LogP contribution in [-0.2, 0) is 0 Å². The maximum Gasteiger partial charge on any atom is 0.276 e. The molecule has 1 aromatic rings. The number of aromatic nitrogens is 2. The maximum absolute atomic E-state index is 12.7. The van der Waals surface area contributed by atoms with Crippen molar-refractivity contribution in [1.82, 2.24) is 15.1 Å².